The zero-order valence-electron chi connectivity index (χ0n) is 21.2. The van der Waals surface area contributed by atoms with Gasteiger partial charge in [-0.3, -0.25) is 14.5 Å². The van der Waals surface area contributed by atoms with Gasteiger partial charge in [0.05, 0.1) is 31.6 Å². The summed E-state index contributed by atoms with van der Waals surface area (Å²) in [5, 5.41) is 2.62. The highest BCUT2D eigenvalue weighted by Crippen LogP contribution is 2.28. The normalized spacial score (nSPS) is 17.5. The molecule has 0 aliphatic carbocycles. The summed E-state index contributed by atoms with van der Waals surface area (Å²) >= 11 is 0. The number of hydrogen-bond donors (Lipinski definition) is 1. The van der Waals surface area contributed by atoms with Gasteiger partial charge in [0.1, 0.15) is 17.7 Å². The predicted molar refractivity (Wildman–Crippen MR) is 137 cm³/mol. The van der Waals surface area contributed by atoms with Gasteiger partial charge in [0, 0.05) is 39.5 Å². The lowest BCUT2D eigenvalue weighted by Crippen LogP contribution is -2.49. The van der Waals surface area contributed by atoms with Crippen molar-refractivity contribution in [3.05, 3.63) is 53.8 Å². The predicted octanol–water partition coefficient (Wildman–Crippen LogP) is 2.97. The maximum atomic E-state index is 15.0. The molecule has 0 bridgehead atoms. The number of aryl methyl sites for hydroxylation is 1. The molecule has 2 saturated heterocycles. The zero-order valence-corrected chi connectivity index (χ0v) is 21.2. The molecule has 10 heteroatoms. The number of anilines is 2. The average Bonchev–Trinajstić information content (AvgIpc) is 3.28. The minimum atomic E-state index is -0.568. The largest absolute Gasteiger partial charge is 0.497 e. The smallest absolute Gasteiger partial charge is 0.414 e. The molecule has 1 unspecified atom stereocenters. The molecule has 2 aliphatic rings. The van der Waals surface area contributed by atoms with Gasteiger partial charge in [0.2, 0.25) is 11.8 Å². The van der Waals surface area contributed by atoms with E-state index in [-0.39, 0.29) is 24.9 Å². The molecule has 2 aromatic carbocycles. The van der Waals surface area contributed by atoms with E-state index in [1.54, 1.807) is 19.2 Å². The number of hydrogen-bond acceptors (Lipinski definition) is 6. The van der Waals surface area contributed by atoms with E-state index >= 15 is 4.39 Å². The second-order valence-corrected chi connectivity index (χ2v) is 9.26. The van der Waals surface area contributed by atoms with Crippen molar-refractivity contribution in [2.45, 2.75) is 32.3 Å². The van der Waals surface area contributed by atoms with Gasteiger partial charge in [-0.25, -0.2) is 9.18 Å². The van der Waals surface area contributed by atoms with E-state index in [2.05, 4.69) is 5.32 Å². The lowest BCUT2D eigenvalue weighted by Gasteiger charge is -2.36. The topological polar surface area (TPSA) is 91.4 Å². The van der Waals surface area contributed by atoms with Crippen LogP contribution in [0, 0.1) is 5.82 Å². The van der Waals surface area contributed by atoms with E-state index in [0.717, 1.165) is 18.6 Å². The Morgan fingerprint density at radius 2 is 1.84 bits per heavy atom. The van der Waals surface area contributed by atoms with Crippen molar-refractivity contribution in [3.8, 4) is 5.75 Å². The van der Waals surface area contributed by atoms with Crippen LogP contribution in [0.3, 0.4) is 0 Å². The first-order valence-electron chi connectivity index (χ1n) is 12.5. The van der Waals surface area contributed by atoms with Crippen LogP contribution >= 0.6 is 0 Å². The minimum absolute atomic E-state index is 0.116. The molecule has 2 fully saturated rings. The molecule has 9 nitrogen and oxygen atoms in total. The molecule has 0 saturated carbocycles. The number of nitrogens with one attached hydrogen (secondary N) is 1. The van der Waals surface area contributed by atoms with Crippen LogP contribution in [0.25, 0.3) is 0 Å². The Bertz CT molecular complexity index is 1120. The van der Waals surface area contributed by atoms with Crippen LogP contribution in [0.15, 0.2) is 42.5 Å². The molecular formula is C27H33FN4O5. The standard InChI is InChI=1S/C27H33FN4O5/c1-19(33)29-17-23-18-32(27(35)37-23)21-8-11-25(24(28)16-21)30-12-14-31(15-13-30)26(34)5-3-4-20-6-9-22(36-2)10-7-20/h6-11,16,23H,3-5,12-15,17-18H2,1-2H3,(H,29,33). The van der Waals surface area contributed by atoms with Gasteiger partial charge in [0.25, 0.3) is 0 Å². The van der Waals surface area contributed by atoms with Gasteiger partial charge in [0.15, 0.2) is 0 Å². The molecule has 37 heavy (non-hydrogen) atoms. The number of piperazine rings is 1. The summed E-state index contributed by atoms with van der Waals surface area (Å²) in [6.45, 7) is 3.97. The quantitative estimate of drug-likeness (QED) is 0.556. The van der Waals surface area contributed by atoms with Crippen LogP contribution in [0.2, 0.25) is 0 Å². The van der Waals surface area contributed by atoms with Crippen molar-refractivity contribution in [2.75, 3.05) is 56.2 Å². The Labute approximate surface area is 216 Å². The first-order valence-corrected chi connectivity index (χ1v) is 12.5. The third-order valence-corrected chi connectivity index (χ3v) is 6.68. The molecule has 0 spiro atoms. The average molecular weight is 513 g/mol. The monoisotopic (exact) mass is 512 g/mol. The second kappa shape index (κ2) is 11.9. The molecular weight excluding hydrogens is 479 g/mol. The van der Waals surface area contributed by atoms with Crippen molar-refractivity contribution in [3.63, 3.8) is 0 Å². The third-order valence-electron chi connectivity index (χ3n) is 6.68. The fourth-order valence-corrected chi connectivity index (χ4v) is 4.61. The molecule has 1 atom stereocenters. The van der Waals surface area contributed by atoms with Gasteiger partial charge >= 0.3 is 6.09 Å². The van der Waals surface area contributed by atoms with Crippen LogP contribution < -0.4 is 19.9 Å². The summed E-state index contributed by atoms with van der Waals surface area (Å²) in [5.74, 6) is 0.287. The molecule has 2 aromatic rings. The van der Waals surface area contributed by atoms with E-state index < -0.39 is 18.0 Å². The maximum Gasteiger partial charge on any atom is 0.414 e. The van der Waals surface area contributed by atoms with E-state index in [1.165, 1.54) is 23.5 Å². The van der Waals surface area contributed by atoms with Crippen LogP contribution in [0.5, 0.6) is 5.75 Å². The number of carbonyl (C=O) groups is 3. The zero-order chi connectivity index (χ0) is 26.4. The summed E-state index contributed by atoms with van der Waals surface area (Å²) in [4.78, 5) is 41.1. The van der Waals surface area contributed by atoms with Crippen molar-refractivity contribution in [1.82, 2.24) is 10.2 Å². The summed E-state index contributed by atoms with van der Waals surface area (Å²) < 4.78 is 25.5. The molecule has 2 aliphatic heterocycles. The number of cyclic esters (lactones) is 1. The molecule has 198 valence electrons. The van der Waals surface area contributed by atoms with Crippen LogP contribution in [0.1, 0.15) is 25.3 Å². The summed E-state index contributed by atoms with van der Waals surface area (Å²) in [7, 11) is 1.63. The fraction of sp³-hybridized carbons (Fsp3) is 0.444. The summed E-state index contributed by atoms with van der Waals surface area (Å²) in [6, 6.07) is 12.5. The van der Waals surface area contributed by atoms with Crippen LogP contribution in [-0.2, 0) is 20.7 Å². The summed E-state index contributed by atoms with van der Waals surface area (Å²) in [6.07, 6.45) is 1.02. The highest BCUT2D eigenvalue weighted by atomic mass is 19.1. The van der Waals surface area contributed by atoms with Crippen LogP contribution in [0.4, 0.5) is 20.6 Å². The van der Waals surface area contributed by atoms with Gasteiger partial charge in [-0.15, -0.1) is 0 Å². The first-order chi connectivity index (χ1) is 17.8. The number of nitrogens with zero attached hydrogens (tertiary/aromatic N) is 3. The number of halogens is 1. The van der Waals surface area contributed by atoms with Gasteiger partial charge < -0.3 is 24.6 Å². The third kappa shape index (κ3) is 6.69. The molecule has 4 rings (SSSR count). The number of benzene rings is 2. The number of ether oxygens (including phenoxy) is 2. The van der Waals surface area contributed by atoms with E-state index in [4.69, 9.17) is 9.47 Å². The van der Waals surface area contributed by atoms with Crippen molar-refractivity contribution in [2.24, 2.45) is 0 Å². The Morgan fingerprint density at radius 1 is 1.11 bits per heavy atom. The van der Waals surface area contributed by atoms with Crippen molar-refractivity contribution >= 4 is 29.3 Å². The Morgan fingerprint density at radius 3 is 2.49 bits per heavy atom. The van der Waals surface area contributed by atoms with E-state index in [1.807, 2.05) is 34.1 Å². The lowest BCUT2D eigenvalue weighted by molar-refractivity contribution is -0.131. The Kier molecular flexibility index (Phi) is 8.47. The maximum absolute atomic E-state index is 15.0. The number of carbonyl (C=O) groups excluding carboxylic acids is 3. The minimum Gasteiger partial charge on any atom is -0.497 e. The molecule has 1 N–H and O–H groups in total. The number of amides is 3. The highest BCUT2D eigenvalue weighted by molar-refractivity contribution is 5.90. The summed E-state index contributed by atoms with van der Waals surface area (Å²) in [5.41, 5.74) is 2.02. The van der Waals surface area contributed by atoms with E-state index in [9.17, 15) is 14.4 Å². The van der Waals surface area contributed by atoms with Crippen molar-refractivity contribution < 1.29 is 28.2 Å². The lowest BCUT2D eigenvalue weighted by atomic mass is 10.1. The fourth-order valence-electron chi connectivity index (χ4n) is 4.61. The molecule has 3 amide bonds. The van der Waals surface area contributed by atoms with Gasteiger partial charge in [-0.2, -0.15) is 0 Å². The second-order valence-electron chi connectivity index (χ2n) is 9.26. The van der Waals surface area contributed by atoms with Crippen molar-refractivity contribution in [1.29, 1.82) is 0 Å². The molecule has 2 heterocycles. The number of methoxy groups -OCH3 is 1. The Balaban J connectivity index is 1.25. The van der Waals surface area contributed by atoms with Gasteiger partial charge in [-0.05, 0) is 48.7 Å². The van der Waals surface area contributed by atoms with E-state index in [0.29, 0.717) is 44.0 Å². The SMILES string of the molecule is COc1ccc(CCCC(=O)N2CCN(c3ccc(N4CC(CNC(C)=O)OC4=O)cc3F)CC2)cc1. The number of rotatable bonds is 9. The van der Waals surface area contributed by atoms with Crippen LogP contribution in [-0.4, -0.2) is 75.3 Å². The Hall–Kier alpha value is -3.82. The first kappa shape index (κ1) is 26.2. The molecule has 0 aromatic heterocycles. The van der Waals surface area contributed by atoms with Gasteiger partial charge in [-0.1, -0.05) is 12.1 Å². The molecule has 0 radical (unpaired) electrons. The highest BCUT2D eigenvalue weighted by Gasteiger charge is 2.33.